The number of amides is 5. The van der Waals surface area contributed by atoms with E-state index in [2.05, 4.69) is 40.2 Å². The van der Waals surface area contributed by atoms with Crippen molar-refractivity contribution in [3.05, 3.63) is 71.3 Å². The molecule has 0 spiro atoms. The summed E-state index contributed by atoms with van der Waals surface area (Å²) in [6.07, 6.45) is 6.55. The van der Waals surface area contributed by atoms with E-state index in [4.69, 9.17) is 18.9 Å². The molecule has 1 aliphatic heterocycles. The molecule has 2 atom stereocenters. The van der Waals surface area contributed by atoms with E-state index in [1.54, 1.807) is 7.11 Å². The molecule has 1 aliphatic rings. The zero-order chi connectivity index (χ0) is 37.4. The van der Waals surface area contributed by atoms with Gasteiger partial charge in [0.05, 0.1) is 32.8 Å². The number of carbonyl (C=O) groups excluding carboxylic acids is 5. The smallest absolute Gasteiger partial charge is 0.249 e. The lowest BCUT2D eigenvalue weighted by molar-refractivity contribution is -0.143. The first kappa shape index (κ1) is 42.2. The first-order valence-corrected chi connectivity index (χ1v) is 18.3. The lowest BCUT2D eigenvalue weighted by Crippen LogP contribution is -2.54. The Balaban J connectivity index is 1.48. The van der Waals surface area contributed by atoms with Gasteiger partial charge in [-0.1, -0.05) is 54.6 Å². The van der Waals surface area contributed by atoms with Gasteiger partial charge < -0.3 is 34.5 Å². The Bertz CT molecular complexity index is 1370. The topological polar surface area (TPSA) is 162 Å². The summed E-state index contributed by atoms with van der Waals surface area (Å²) in [5.74, 6) is -2.10. The van der Waals surface area contributed by atoms with Crippen LogP contribution in [0.25, 0.3) is 0 Å². The number of hydrogen-bond donors (Lipinski definition) is 3. The normalized spacial score (nSPS) is 14.5. The first-order valence-electron chi connectivity index (χ1n) is 18.3. The van der Waals surface area contributed by atoms with Crippen LogP contribution in [-0.2, 0) is 62.2 Å². The molecule has 1 heterocycles. The predicted octanol–water partition coefficient (Wildman–Crippen LogP) is 2.53. The van der Waals surface area contributed by atoms with Gasteiger partial charge in [-0.15, -0.1) is 0 Å². The van der Waals surface area contributed by atoms with E-state index in [1.165, 1.54) is 23.1 Å². The van der Waals surface area contributed by atoms with Gasteiger partial charge in [-0.2, -0.15) is 0 Å². The standard InChI is InChI=1S/C39H56N4O9/c1-49-23-25-51-28-36(45)40-21-9-8-15-33(41-37(46)29-52-26-24-50-2)39(48)43-22-10-16-34(43)38(47)42-35(44)27-32-19-17-31(18-20-32)14-7-6-13-30-11-4-3-5-12-30/h3-5,11-12,17-20,33-34H,6-10,13-16,21-29H2,1-2H3,(H,40,45)(H,41,46)(H,42,44,47)/t33-,34-/m0/s1. The van der Waals surface area contributed by atoms with Crippen LogP contribution >= 0.6 is 0 Å². The second-order valence-corrected chi connectivity index (χ2v) is 12.8. The molecule has 0 aromatic heterocycles. The second-order valence-electron chi connectivity index (χ2n) is 12.8. The highest BCUT2D eigenvalue weighted by Gasteiger charge is 2.38. The fraction of sp³-hybridized carbons (Fsp3) is 0.564. The average molecular weight is 725 g/mol. The van der Waals surface area contributed by atoms with Crippen molar-refractivity contribution in [2.75, 3.05) is 67.0 Å². The molecule has 0 bridgehead atoms. The van der Waals surface area contributed by atoms with E-state index >= 15 is 0 Å². The average Bonchev–Trinajstić information content (AvgIpc) is 3.64. The number of ether oxygens (including phenoxy) is 4. The number of nitrogens with zero attached hydrogens (tertiary/aromatic N) is 1. The lowest BCUT2D eigenvalue weighted by atomic mass is 10.0. The summed E-state index contributed by atoms with van der Waals surface area (Å²) in [4.78, 5) is 66.1. The molecule has 0 saturated carbocycles. The molecular weight excluding hydrogens is 668 g/mol. The number of benzene rings is 2. The number of aryl methyl sites for hydroxylation is 2. The molecule has 0 radical (unpaired) electrons. The van der Waals surface area contributed by atoms with E-state index < -0.39 is 35.7 Å². The molecule has 13 nitrogen and oxygen atoms in total. The number of likely N-dealkylation sites (tertiary alicyclic amines) is 1. The highest BCUT2D eigenvalue weighted by molar-refractivity contribution is 6.00. The molecule has 52 heavy (non-hydrogen) atoms. The minimum Gasteiger partial charge on any atom is -0.382 e. The summed E-state index contributed by atoms with van der Waals surface area (Å²) >= 11 is 0. The Labute approximate surface area is 307 Å². The van der Waals surface area contributed by atoms with Crippen LogP contribution in [-0.4, -0.2) is 113 Å². The van der Waals surface area contributed by atoms with Crippen molar-refractivity contribution >= 4 is 29.5 Å². The lowest BCUT2D eigenvalue weighted by Gasteiger charge is -2.28. The molecule has 2 aromatic carbocycles. The Morgan fingerprint density at radius 1 is 0.731 bits per heavy atom. The van der Waals surface area contributed by atoms with Crippen molar-refractivity contribution in [3.8, 4) is 0 Å². The van der Waals surface area contributed by atoms with Gasteiger partial charge in [-0.05, 0) is 74.5 Å². The number of nitrogens with one attached hydrogen (secondary N) is 3. The Morgan fingerprint density at radius 3 is 2.00 bits per heavy atom. The van der Waals surface area contributed by atoms with Gasteiger partial charge in [0.15, 0.2) is 0 Å². The summed E-state index contributed by atoms with van der Waals surface area (Å²) in [5, 5.41) is 8.02. The molecule has 5 amide bonds. The molecule has 3 N–H and O–H groups in total. The molecule has 13 heteroatoms. The highest BCUT2D eigenvalue weighted by atomic mass is 16.5. The summed E-state index contributed by atoms with van der Waals surface area (Å²) in [5.41, 5.74) is 3.33. The predicted molar refractivity (Wildman–Crippen MR) is 195 cm³/mol. The van der Waals surface area contributed by atoms with E-state index in [9.17, 15) is 24.0 Å². The number of rotatable bonds is 25. The molecule has 0 aliphatic carbocycles. The van der Waals surface area contributed by atoms with Gasteiger partial charge in [-0.3, -0.25) is 29.3 Å². The van der Waals surface area contributed by atoms with Crippen LogP contribution in [0.15, 0.2) is 54.6 Å². The van der Waals surface area contributed by atoms with Crippen LogP contribution in [0.2, 0.25) is 0 Å². The van der Waals surface area contributed by atoms with Gasteiger partial charge in [0, 0.05) is 27.3 Å². The maximum absolute atomic E-state index is 13.8. The van der Waals surface area contributed by atoms with Crippen LogP contribution in [0.3, 0.4) is 0 Å². The molecule has 2 aromatic rings. The SMILES string of the molecule is COCCOCC(=O)NCCCC[C@H](NC(=O)COCCOC)C(=O)N1CCC[C@H]1C(=O)NC(=O)Cc1ccc(CCCCc2ccccc2)cc1. The van der Waals surface area contributed by atoms with E-state index in [-0.39, 0.29) is 38.6 Å². The van der Waals surface area contributed by atoms with Crippen molar-refractivity contribution in [2.24, 2.45) is 0 Å². The van der Waals surface area contributed by atoms with Gasteiger partial charge in [0.1, 0.15) is 25.3 Å². The molecule has 286 valence electrons. The number of unbranched alkanes of at least 4 members (excludes halogenated alkanes) is 2. The molecule has 0 unspecified atom stereocenters. The maximum Gasteiger partial charge on any atom is 0.249 e. The van der Waals surface area contributed by atoms with Crippen molar-refractivity contribution in [3.63, 3.8) is 0 Å². The van der Waals surface area contributed by atoms with Crippen LogP contribution in [0.1, 0.15) is 61.6 Å². The van der Waals surface area contributed by atoms with Gasteiger partial charge >= 0.3 is 0 Å². The minimum absolute atomic E-state index is 0.0399. The summed E-state index contributed by atoms with van der Waals surface area (Å²) in [6.45, 7) is 1.63. The molecule has 3 rings (SSSR count). The van der Waals surface area contributed by atoms with Gasteiger partial charge in [-0.25, -0.2) is 0 Å². The van der Waals surface area contributed by atoms with Crippen LogP contribution in [0, 0.1) is 0 Å². The maximum atomic E-state index is 13.8. The Kier molecular flexibility index (Phi) is 20.2. The summed E-state index contributed by atoms with van der Waals surface area (Å²) < 4.78 is 20.4. The zero-order valence-electron chi connectivity index (χ0n) is 30.7. The largest absolute Gasteiger partial charge is 0.382 e. The number of methoxy groups -OCH3 is 2. The highest BCUT2D eigenvalue weighted by Crippen LogP contribution is 2.20. The Hall–Kier alpha value is -4.17. The number of imide groups is 1. The summed E-state index contributed by atoms with van der Waals surface area (Å²) in [6, 6.07) is 16.6. The van der Waals surface area contributed by atoms with Crippen molar-refractivity contribution in [1.82, 2.24) is 20.9 Å². The minimum atomic E-state index is -0.910. The number of hydrogen-bond acceptors (Lipinski definition) is 9. The van der Waals surface area contributed by atoms with Crippen LogP contribution in [0.5, 0.6) is 0 Å². The van der Waals surface area contributed by atoms with E-state index in [0.717, 1.165) is 31.2 Å². The first-order chi connectivity index (χ1) is 25.3. The van der Waals surface area contributed by atoms with Crippen molar-refractivity contribution in [1.29, 1.82) is 0 Å². The quantitative estimate of drug-likeness (QED) is 0.131. The molecule has 1 saturated heterocycles. The van der Waals surface area contributed by atoms with Gasteiger partial charge in [0.2, 0.25) is 29.5 Å². The zero-order valence-corrected chi connectivity index (χ0v) is 30.7. The third-order valence-corrected chi connectivity index (χ3v) is 8.72. The van der Waals surface area contributed by atoms with Crippen molar-refractivity contribution in [2.45, 2.75) is 76.3 Å². The third-order valence-electron chi connectivity index (χ3n) is 8.72. The van der Waals surface area contributed by atoms with Crippen LogP contribution in [0.4, 0.5) is 0 Å². The van der Waals surface area contributed by atoms with Crippen molar-refractivity contribution < 1.29 is 42.9 Å². The molecule has 1 fully saturated rings. The fourth-order valence-corrected chi connectivity index (χ4v) is 5.94. The third kappa shape index (κ3) is 16.4. The molecular formula is C39H56N4O9. The Morgan fingerprint density at radius 2 is 1.35 bits per heavy atom. The number of carbonyl (C=O) groups is 5. The fourth-order valence-electron chi connectivity index (χ4n) is 5.94. The van der Waals surface area contributed by atoms with E-state index in [1.807, 2.05) is 30.3 Å². The monoisotopic (exact) mass is 724 g/mol. The summed E-state index contributed by atoms with van der Waals surface area (Å²) in [7, 11) is 3.08. The van der Waals surface area contributed by atoms with Gasteiger partial charge in [0.25, 0.3) is 0 Å². The second kappa shape index (κ2) is 24.9. The van der Waals surface area contributed by atoms with Crippen LogP contribution < -0.4 is 16.0 Å². The van der Waals surface area contributed by atoms with E-state index in [0.29, 0.717) is 58.6 Å².